The van der Waals surface area contributed by atoms with Gasteiger partial charge in [0.05, 0.1) is 5.54 Å². The van der Waals surface area contributed by atoms with E-state index in [1.54, 1.807) is 18.3 Å². The first-order valence-corrected chi connectivity index (χ1v) is 5.61. The van der Waals surface area contributed by atoms with E-state index in [-0.39, 0.29) is 11.1 Å². The normalized spacial score (nSPS) is 30.9. The molecule has 0 spiro atoms. The van der Waals surface area contributed by atoms with E-state index in [1.807, 2.05) is 4.57 Å². The maximum atomic E-state index is 12.0. The van der Waals surface area contributed by atoms with Crippen molar-refractivity contribution in [2.24, 2.45) is 5.92 Å². The minimum absolute atomic E-state index is 0.0735. The predicted octanol–water partition coefficient (Wildman–Crippen LogP) is 1.30. The quantitative estimate of drug-likeness (QED) is 0.717. The van der Waals surface area contributed by atoms with Crippen molar-refractivity contribution in [3.05, 3.63) is 35.0 Å². The van der Waals surface area contributed by atoms with Crippen molar-refractivity contribution in [2.45, 2.75) is 24.8 Å². The molecule has 3 fully saturated rings. The summed E-state index contributed by atoms with van der Waals surface area (Å²) < 4.78 is 1.89. The van der Waals surface area contributed by atoms with Crippen LogP contribution < -0.4 is 5.56 Å². The lowest BCUT2D eigenvalue weighted by atomic mass is 9.49. The maximum Gasteiger partial charge on any atom is 0.252 e. The van der Waals surface area contributed by atoms with Crippen LogP contribution in [0.3, 0.4) is 0 Å². The third-order valence-corrected chi connectivity index (χ3v) is 4.04. The summed E-state index contributed by atoms with van der Waals surface area (Å²) in [5, 5.41) is 0.951. The summed E-state index contributed by atoms with van der Waals surface area (Å²) in [5.74, 6) is 0.851. The number of hydrogen-bond acceptors (Lipinski definition) is 3. The Hall–Kier alpha value is -1.71. The smallest absolute Gasteiger partial charge is 0.252 e. The van der Waals surface area contributed by atoms with Gasteiger partial charge in [-0.05, 0) is 31.2 Å². The average Bonchev–Trinajstić information content (AvgIpc) is 2.18. The summed E-state index contributed by atoms with van der Waals surface area (Å²) in [6.07, 6.45) is 6.73. The molecule has 2 bridgehead atoms. The van der Waals surface area contributed by atoms with Crippen molar-refractivity contribution < 1.29 is 0 Å². The molecule has 0 atom stereocenters. The van der Waals surface area contributed by atoms with Crippen LogP contribution in [-0.4, -0.2) is 14.5 Å². The van der Waals surface area contributed by atoms with Crippen LogP contribution in [0.5, 0.6) is 0 Å². The number of pyridine rings is 1. The molecule has 4 heteroatoms. The number of fused-ring (bicyclic) bond motifs is 1. The molecule has 0 amide bonds. The molecule has 0 unspecified atom stereocenters. The highest BCUT2D eigenvalue weighted by molar-refractivity contribution is 5.73. The van der Waals surface area contributed by atoms with Gasteiger partial charge < -0.3 is 0 Å². The first-order valence-electron chi connectivity index (χ1n) is 5.61. The Morgan fingerprint density at radius 3 is 2.81 bits per heavy atom. The lowest BCUT2D eigenvalue weighted by Gasteiger charge is -2.62. The Labute approximate surface area is 92.0 Å². The maximum absolute atomic E-state index is 12.0. The van der Waals surface area contributed by atoms with Crippen LogP contribution in [0.2, 0.25) is 0 Å². The van der Waals surface area contributed by atoms with E-state index in [1.165, 1.54) is 6.33 Å². The fourth-order valence-corrected chi connectivity index (χ4v) is 3.14. The summed E-state index contributed by atoms with van der Waals surface area (Å²) in [7, 11) is 0. The molecule has 5 rings (SSSR count). The van der Waals surface area contributed by atoms with E-state index in [9.17, 15) is 4.79 Å². The molecule has 3 aliphatic carbocycles. The Balaban J connectivity index is 2.09. The van der Waals surface area contributed by atoms with Crippen LogP contribution in [-0.2, 0) is 5.54 Å². The fourth-order valence-electron chi connectivity index (χ4n) is 3.14. The zero-order chi connectivity index (χ0) is 10.8. The van der Waals surface area contributed by atoms with Crippen molar-refractivity contribution in [3.63, 3.8) is 0 Å². The van der Waals surface area contributed by atoms with Crippen LogP contribution >= 0.6 is 0 Å². The van der Waals surface area contributed by atoms with Gasteiger partial charge in [-0.2, -0.15) is 0 Å². The van der Waals surface area contributed by atoms with Gasteiger partial charge in [-0.15, -0.1) is 0 Å². The molecule has 3 saturated carbocycles. The second-order valence-corrected chi connectivity index (χ2v) is 5.01. The third-order valence-electron chi connectivity index (χ3n) is 4.04. The Bertz CT molecular complexity index is 629. The van der Waals surface area contributed by atoms with Crippen LogP contribution in [0.25, 0.3) is 11.0 Å². The number of rotatable bonds is 1. The van der Waals surface area contributed by atoms with Gasteiger partial charge in [0, 0.05) is 17.6 Å². The molecule has 80 valence electrons. The SMILES string of the molecule is O=c1ccc2cncnc2n1C12CC(C1)C2. The van der Waals surface area contributed by atoms with Crippen molar-refractivity contribution in [1.82, 2.24) is 14.5 Å². The summed E-state index contributed by atoms with van der Waals surface area (Å²) in [6.45, 7) is 0. The molecule has 4 nitrogen and oxygen atoms in total. The largest absolute Gasteiger partial charge is 0.286 e. The highest BCUT2D eigenvalue weighted by Crippen LogP contribution is 2.62. The first kappa shape index (κ1) is 8.44. The lowest BCUT2D eigenvalue weighted by Crippen LogP contribution is -2.62. The standard InChI is InChI=1S/C12H11N3O/c16-10-2-1-9-6-13-7-14-11(9)15(10)12-3-8(4-12)5-12/h1-2,6-8H,3-5H2. The Morgan fingerprint density at radius 2 is 2.12 bits per heavy atom. The summed E-state index contributed by atoms with van der Waals surface area (Å²) in [6, 6.07) is 3.44. The van der Waals surface area contributed by atoms with Gasteiger partial charge in [-0.25, -0.2) is 9.97 Å². The minimum atomic E-state index is 0.0735. The highest BCUT2D eigenvalue weighted by atomic mass is 16.1. The van der Waals surface area contributed by atoms with E-state index >= 15 is 0 Å². The van der Waals surface area contributed by atoms with Gasteiger partial charge in [-0.1, -0.05) is 0 Å². The van der Waals surface area contributed by atoms with Gasteiger partial charge in [0.1, 0.15) is 12.0 Å². The van der Waals surface area contributed by atoms with Crippen molar-refractivity contribution >= 4 is 11.0 Å². The van der Waals surface area contributed by atoms with Crippen LogP contribution in [0.1, 0.15) is 19.3 Å². The minimum Gasteiger partial charge on any atom is -0.286 e. The van der Waals surface area contributed by atoms with E-state index in [2.05, 4.69) is 9.97 Å². The number of aromatic nitrogens is 3. The third kappa shape index (κ3) is 0.836. The number of nitrogens with zero attached hydrogens (tertiary/aromatic N) is 3. The molecule has 0 saturated heterocycles. The summed E-state index contributed by atoms with van der Waals surface area (Å²) in [4.78, 5) is 20.3. The van der Waals surface area contributed by atoms with Gasteiger partial charge in [0.25, 0.3) is 5.56 Å². The molecule has 0 N–H and O–H groups in total. The molecule has 0 radical (unpaired) electrons. The topological polar surface area (TPSA) is 47.8 Å². The molecular formula is C12H11N3O. The molecule has 2 aromatic heterocycles. The van der Waals surface area contributed by atoms with Gasteiger partial charge in [-0.3, -0.25) is 9.36 Å². The first-order chi connectivity index (χ1) is 7.78. The second kappa shape index (κ2) is 2.51. The monoisotopic (exact) mass is 213 g/mol. The molecule has 2 heterocycles. The van der Waals surface area contributed by atoms with Gasteiger partial charge in [0.15, 0.2) is 0 Å². The van der Waals surface area contributed by atoms with Crippen LogP contribution in [0.15, 0.2) is 29.5 Å². The van der Waals surface area contributed by atoms with Gasteiger partial charge in [0.2, 0.25) is 0 Å². The Morgan fingerprint density at radius 1 is 1.31 bits per heavy atom. The van der Waals surface area contributed by atoms with Crippen LogP contribution in [0.4, 0.5) is 0 Å². The Kier molecular flexibility index (Phi) is 1.32. The van der Waals surface area contributed by atoms with Crippen LogP contribution in [0, 0.1) is 5.92 Å². The summed E-state index contributed by atoms with van der Waals surface area (Å²) >= 11 is 0. The zero-order valence-electron chi connectivity index (χ0n) is 8.76. The fraction of sp³-hybridized carbons (Fsp3) is 0.417. The zero-order valence-corrected chi connectivity index (χ0v) is 8.76. The molecule has 3 aliphatic rings. The molecule has 2 aromatic rings. The van der Waals surface area contributed by atoms with E-state index < -0.39 is 0 Å². The predicted molar refractivity (Wildman–Crippen MR) is 59.1 cm³/mol. The second-order valence-electron chi connectivity index (χ2n) is 5.01. The van der Waals surface area contributed by atoms with Gasteiger partial charge >= 0.3 is 0 Å². The molecule has 16 heavy (non-hydrogen) atoms. The average molecular weight is 213 g/mol. The van der Waals surface area contributed by atoms with Crippen molar-refractivity contribution in [3.8, 4) is 0 Å². The summed E-state index contributed by atoms with van der Waals surface area (Å²) in [5.41, 5.74) is 0.959. The molecule has 0 aromatic carbocycles. The number of hydrogen-bond donors (Lipinski definition) is 0. The van der Waals surface area contributed by atoms with E-state index in [0.29, 0.717) is 0 Å². The lowest BCUT2D eigenvalue weighted by molar-refractivity contribution is -0.0883. The molecule has 0 aliphatic heterocycles. The molecular weight excluding hydrogens is 202 g/mol. The van der Waals surface area contributed by atoms with Crippen molar-refractivity contribution in [1.29, 1.82) is 0 Å². The van der Waals surface area contributed by atoms with Crippen molar-refractivity contribution in [2.75, 3.05) is 0 Å². The van der Waals surface area contributed by atoms with E-state index in [0.717, 1.165) is 36.2 Å². The van der Waals surface area contributed by atoms with E-state index in [4.69, 9.17) is 0 Å². The highest BCUT2D eigenvalue weighted by Gasteiger charge is 2.58.